The number of nitrogens with zero attached hydrogens (tertiary/aromatic N) is 2. The minimum absolute atomic E-state index is 0.0240. The number of imide groups is 1. The number of para-hydroxylation sites is 1. The van der Waals surface area contributed by atoms with E-state index in [1.165, 1.54) is 23.1 Å². The Hall–Kier alpha value is -2.69. The van der Waals surface area contributed by atoms with Crippen LogP contribution in [0.2, 0.25) is 0 Å². The van der Waals surface area contributed by atoms with Gasteiger partial charge in [0.2, 0.25) is 0 Å². The van der Waals surface area contributed by atoms with Crippen molar-refractivity contribution >= 4 is 17.6 Å². The van der Waals surface area contributed by atoms with Gasteiger partial charge in [-0.1, -0.05) is 36.4 Å². The highest BCUT2D eigenvalue weighted by Crippen LogP contribution is 2.33. The van der Waals surface area contributed by atoms with Crippen LogP contribution in [0.4, 0.5) is 14.9 Å². The lowest BCUT2D eigenvalue weighted by molar-refractivity contribution is -0.120. The summed E-state index contributed by atoms with van der Waals surface area (Å²) in [4.78, 5) is 27.7. The fourth-order valence-corrected chi connectivity index (χ4v) is 3.17. The first kappa shape index (κ1) is 13.0. The average molecular weight is 296 g/mol. The first-order valence-corrected chi connectivity index (χ1v) is 7.12. The highest BCUT2D eigenvalue weighted by molar-refractivity contribution is 6.21. The van der Waals surface area contributed by atoms with E-state index in [2.05, 4.69) is 0 Å². The van der Waals surface area contributed by atoms with Gasteiger partial charge in [-0.25, -0.2) is 14.1 Å². The van der Waals surface area contributed by atoms with Crippen LogP contribution < -0.4 is 4.90 Å². The zero-order valence-corrected chi connectivity index (χ0v) is 11.7. The molecule has 1 atom stereocenters. The Morgan fingerprint density at radius 2 is 1.64 bits per heavy atom. The number of halogens is 1. The van der Waals surface area contributed by atoms with Crippen LogP contribution in [-0.2, 0) is 17.8 Å². The maximum atomic E-state index is 14.0. The van der Waals surface area contributed by atoms with E-state index in [0.717, 1.165) is 16.0 Å². The lowest BCUT2D eigenvalue weighted by atomic mass is 9.95. The Morgan fingerprint density at radius 1 is 0.955 bits per heavy atom. The van der Waals surface area contributed by atoms with Crippen LogP contribution in [0.5, 0.6) is 0 Å². The van der Waals surface area contributed by atoms with Gasteiger partial charge in [0.15, 0.2) is 0 Å². The van der Waals surface area contributed by atoms with Gasteiger partial charge in [0, 0.05) is 13.0 Å². The number of rotatable bonds is 1. The Kier molecular flexibility index (Phi) is 2.76. The zero-order valence-electron chi connectivity index (χ0n) is 11.7. The van der Waals surface area contributed by atoms with Crippen LogP contribution >= 0.6 is 0 Å². The number of carbonyl (C=O) groups excluding carboxylic acids is 2. The molecular formula is C17H13FN2O2. The molecule has 3 amide bonds. The van der Waals surface area contributed by atoms with Gasteiger partial charge in [0.25, 0.3) is 5.91 Å². The topological polar surface area (TPSA) is 40.6 Å². The minimum atomic E-state index is -0.568. The molecule has 5 heteroatoms. The molecule has 0 aliphatic carbocycles. The molecular weight excluding hydrogens is 283 g/mol. The van der Waals surface area contributed by atoms with Gasteiger partial charge >= 0.3 is 6.03 Å². The molecule has 4 rings (SSSR count). The number of urea groups is 1. The summed E-state index contributed by atoms with van der Waals surface area (Å²) in [6.07, 6.45) is 0.478. The summed E-state index contributed by atoms with van der Waals surface area (Å²) in [6, 6.07) is 12.6. The Bertz CT molecular complexity index is 747. The van der Waals surface area contributed by atoms with Crippen molar-refractivity contribution in [2.24, 2.45) is 0 Å². The van der Waals surface area contributed by atoms with Crippen molar-refractivity contribution in [2.75, 3.05) is 4.90 Å². The van der Waals surface area contributed by atoms with E-state index in [1.54, 1.807) is 6.07 Å². The fraction of sp³-hybridized carbons (Fsp3) is 0.176. The SMILES string of the molecule is O=C1C2Cc3ccccc3CN2C(=O)N1c1ccccc1F. The third-order valence-corrected chi connectivity index (χ3v) is 4.28. The molecule has 2 aliphatic heterocycles. The maximum Gasteiger partial charge on any atom is 0.332 e. The van der Waals surface area contributed by atoms with E-state index in [1.807, 2.05) is 24.3 Å². The van der Waals surface area contributed by atoms with Crippen LogP contribution in [0.25, 0.3) is 0 Å². The van der Waals surface area contributed by atoms with E-state index >= 15 is 0 Å². The van der Waals surface area contributed by atoms with Crippen LogP contribution in [0.1, 0.15) is 11.1 Å². The van der Waals surface area contributed by atoms with Gasteiger partial charge < -0.3 is 4.90 Å². The predicted molar refractivity (Wildman–Crippen MR) is 78.8 cm³/mol. The lowest BCUT2D eigenvalue weighted by Gasteiger charge is -2.28. The van der Waals surface area contributed by atoms with Crippen molar-refractivity contribution in [3.63, 3.8) is 0 Å². The second kappa shape index (κ2) is 4.66. The van der Waals surface area contributed by atoms with Crippen LogP contribution in [0, 0.1) is 5.82 Å². The number of fused-ring (bicyclic) bond motifs is 2. The molecule has 0 N–H and O–H groups in total. The summed E-state index contributed by atoms with van der Waals surface area (Å²) in [5.41, 5.74) is 2.13. The lowest BCUT2D eigenvalue weighted by Crippen LogP contribution is -2.39. The van der Waals surface area contributed by atoms with Gasteiger partial charge in [0.1, 0.15) is 11.9 Å². The Labute approximate surface area is 126 Å². The molecule has 0 bridgehead atoms. The molecule has 2 aliphatic rings. The molecule has 0 radical (unpaired) electrons. The summed E-state index contributed by atoms with van der Waals surface area (Å²) < 4.78 is 14.0. The normalized spacial score (nSPS) is 20.1. The van der Waals surface area contributed by atoms with Gasteiger partial charge in [-0.05, 0) is 23.3 Å². The molecule has 2 aromatic carbocycles. The second-order valence-corrected chi connectivity index (χ2v) is 5.52. The number of carbonyl (C=O) groups is 2. The van der Waals surface area contributed by atoms with E-state index in [-0.39, 0.29) is 11.6 Å². The van der Waals surface area contributed by atoms with Crippen molar-refractivity contribution in [3.8, 4) is 0 Å². The number of hydrogen-bond donors (Lipinski definition) is 0. The number of anilines is 1. The van der Waals surface area contributed by atoms with E-state index in [0.29, 0.717) is 13.0 Å². The largest absolute Gasteiger partial charge is 0.332 e. The Morgan fingerprint density at radius 3 is 2.41 bits per heavy atom. The summed E-state index contributed by atoms with van der Waals surface area (Å²) in [7, 11) is 0. The summed E-state index contributed by atoms with van der Waals surface area (Å²) in [5, 5.41) is 0. The number of benzene rings is 2. The molecule has 1 unspecified atom stereocenters. The van der Waals surface area contributed by atoms with Crippen molar-refractivity contribution < 1.29 is 14.0 Å². The van der Waals surface area contributed by atoms with Crippen molar-refractivity contribution in [1.82, 2.24) is 4.90 Å². The monoisotopic (exact) mass is 296 g/mol. The molecule has 0 saturated carbocycles. The van der Waals surface area contributed by atoms with Gasteiger partial charge in [-0.3, -0.25) is 4.79 Å². The standard InChI is InChI=1S/C17H13FN2O2/c18-13-7-3-4-8-14(13)20-16(21)15-9-11-5-1-2-6-12(11)10-19(15)17(20)22/h1-8,15H,9-10H2. The van der Waals surface area contributed by atoms with Crippen LogP contribution in [0.15, 0.2) is 48.5 Å². The molecule has 110 valence electrons. The summed E-state index contributed by atoms with van der Waals surface area (Å²) in [6.45, 7) is 0.385. The number of hydrogen-bond acceptors (Lipinski definition) is 2. The molecule has 2 heterocycles. The second-order valence-electron chi connectivity index (χ2n) is 5.52. The molecule has 1 fully saturated rings. The molecule has 1 saturated heterocycles. The quantitative estimate of drug-likeness (QED) is 0.759. The smallest absolute Gasteiger partial charge is 0.307 e. The number of amides is 3. The van der Waals surface area contributed by atoms with Crippen LogP contribution in [-0.4, -0.2) is 22.9 Å². The van der Waals surface area contributed by atoms with Crippen molar-refractivity contribution in [2.45, 2.75) is 19.0 Å². The molecule has 0 spiro atoms. The van der Waals surface area contributed by atoms with Gasteiger partial charge in [0.05, 0.1) is 5.69 Å². The summed E-state index contributed by atoms with van der Waals surface area (Å²) in [5.74, 6) is -0.925. The molecule has 2 aromatic rings. The highest BCUT2D eigenvalue weighted by atomic mass is 19.1. The van der Waals surface area contributed by atoms with Gasteiger partial charge in [-0.15, -0.1) is 0 Å². The predicted octanol–water partition coefficient (Wildman–Crippen LogP) is 2.72. The minimum Gasteiger partial charge on any atom is -0.307 e. The van der Waals surface area contributed by atoms with E-state index in [9.17, 15) is 14.0 Å². The average Bonchev–Trinajstić information content (AvgIpc) is 2.77. The fourth-order valence-electron chi connectivity index (χ4n) is 3.17. The van der Waals surface area contributed by atoms with Crippen molar-refractivity contribution in [1.29, 1.82) is 0 Å². The Balaban J connectivity index is 1.75. The van der Waals surface area contributed by atoms with Gasteiger partial charge in [-0.2, -0.15) is 0 Å². The third kappa shape index (κ3) is 1.75. The third-order valence-electron chi connectivity index (χ3n) is 4.28. The first-order chi connectivity index (χ1) is 10.7. The van der Waals surface area contributed by atoms with Crippen LogP contribution in [0.3, 0.4) is 0 Å². The van der Waals surface area contributed by atoms with E-state index < -0.39 is 17.9 Å². The van der Waals surface area contributed by atoms with E-state index in [4.69, 9.17) is 0 Å². The zero-order chi connectivity index (χ0) is 15.3. The maximum absolute atomic E-state index is 14.0. The highest BCUT2D eigenvalue weighted by Gasteiger charge is 2.48. The van der Waals surface area contributed by atoms with Crippen molar-refractivity contribution in [3.05, 3.63) is 65.5 Å². The summed E-state index contributed by atoms with van der Waals surface area (Å²) >= 11 is 0. The molecule has 22 heavy (non-hydrogen) atoms. The molecule has 4 nitrogen and oxygen atoms in total. The molecule has 0 aromatic heterocycles. The first-order valence-electron chi connectivity index (χ1n) is 7.12.